The van der Waals surface area contributed by atoms with Crippen molar-refractivity contribution in [2.24, 2.45) is 0 Å². The Hall–Kier alpha value is -2.35. The van der Waals surface area contributed by atoms with E-state index in [4.69, 9.17) is 4.74 Å². The number of hydrogen-bond donors (Lipinski definition) is 1. The van der Waals surface area contributed by atoms with Gasteiger partial charge < -0.3 is 9.64 Å². The molecule has 0 saturated carbocycles. The van der Waals surface area contributed by atoms with Gasteiger partial charge in [0.2, 0.25) is 5.95 Å². The van der Waals surface area contributed by atoms with E-state index >= 15 is 0 Å². The number of hydrogen-bond acceptors (Lipinski definition) is 6. The van der Waals surface area contributed by atoms with Crippen molar-refractivity contribution in [3.63, 3.8) is 0 Å². The fraction of sp³-hybridized carbons (Fsp3) is 0.333. The van der Waals surface area contributed by atoms with Gasteiger partial charge in [0.15, 0.2) is 0 Å². The van der Waals surface area contributed by atoms with Gasteiger partial charge in [-0.3, -0.25) is 4.72 Å². The number of benzene rings is 1. The van der Waals surface area contributed by atoms with E-state index in [1.54, 1.807) is 24.0 Å². The smallest absolute Gasteiger partial charge is 0.262 e. The monoisotopic (exact) mass is 336 g/mol. The first kappa shape index (κ1) is 17.0. The molecule has 1 aromatic carbocycles. The zero-order chi connectivity index (χ0) is 17.0. The maximum Gasteiger partial charge on any atom is 0.262 e. The van der Waals surface area contributed by atoms with Crippen LogP contribution in [0.3, 0.4) is 0 Å². The van der Waals surface area contributed by atoms with E-state index in [-0.39, 0.29) is 4.90 Å². The minimum Gasteiger partial charge on any atom is -0.494 e. The molecule has 1 N–H and O–H groups in total. The molecule has 124 valence electrons. The number of aryl methyl sites for hydroxylation is 1. The molecule has 8 heteroatoms. The first-order valence-electron chi connectivity index (χ1n) is 7.09. The maximum absolute atomic E-state index is 12.4. The van der Waals surface area contributed by atoms with Crippen LogP contribution in [0.15, 0.2) is 35.5 Å². The molecule has 2 aromatic rings. The lowest BCUT2D eigenvalue weighted by molar-refractivity contribution is 0.337. The summed E-state index contributed by atoms with van der Waals surface area (Å²) in [5.74, 6) is 1.18. The lowest BCUT2D eigenvalue weighted by Gasteiger charge is -2.12. The van der Waals surface area contributed by atoms with Gasteiger partial charge in [-0.1, -0.05) is 0 Å². The molecule has 0 spiro atoms. The highest BCUT2D eigenvalue weighted by Crippen LogP contribution is 2.23. The van der Waals surface area contributed by atoms with Gasteiger partial charge in [0.1, 0.15) is 5.75 Å². The number of sulfonamides is 1. The average molecular weight is 336 g/mol. The van der Waals surface area contributed by atoms with Gasteiger partial charge in [0.05, 0.1) is 29.6 Å². The second kappa shape index (κ2) is 6.82. The Morgan fingerprint density at radius 1 is 1.22 bits per heavy atom. The van der Waals surface area contributed by atoms with E-state index in [2.05, 4.69) is 14.7 Å². The molecule has 7 nitrogen and oxygen atoms in total. The van der Waals surface area contributed by atoms with Gasteiger partial charge in [-0.05, 0) is 37.6 Å². The first-order chi connectivity index (χ1) is 10.8. The molecule has 2 rings (SSSR count). The van der Waals surface area contributed by atoms with Crippen LogP contribution >= 0.6 is 0 Å². The van der Waals surface area contributed by atoms with Crippen molar-refractivity contribution < 1.29 is 13.2 Å². The normalized spacial score (nSPS) is 11.1. The third-order valence-electron chi connectivity index (χ3n) is 3.05. The summed E-state index contributed by atoms with van der Waals surface area (Å²) in [5, 5.41) is 0. The third kappa shape index (κ3) is 4.10. The van der Waals surface area contributed by atoms with Crippen molar-refractivity contribution in [2.45, 2.75) is 18.7 Å². The van der Waals surface area contributed by atoms with Gasteiger partial charge in [-0.15, -0.1) is 0 Å². The van der Waals surface area contributed by atoms with Crippen LogP contribution in [-0.2, 0) is 10.0 Å². The predicted molar refractivity (Wildman–Crippen MR) is 89.5 cm³/mol. The van der Waals surface area contributed by atoms with Crippen molar-refractivity contribution in [1.82, 2.24) is 9.97 Å². The predicted octanol–water partition coefficient (Wildman–Crippen LogP) is 2.05. The number of rotatable bonds is 6. The molecule has 0 aliphatic carbocycles. The molecular weight excluding hydrogens is 316 g/mol. The van der Waals surface area contributed by atoms with Crippen molar-refractivity contribution in [3.8, 4) is 5.75 Å². The quantitative estimate of drug-likeness (QED) is 0.869. The van der Waals surface area contributed by atoms with Crippen LogP contribution in [-0.4, -0.2) is 39.1 Å². The van der Waals surface area contributed by atoms with Crippen LogP contribution in [0.1, 0.15) is 12.5 Å². The van der Waals surface area contributed by atoms with Gasteiger partial charge in [-0.2, -0.15) is 0 Å². The highest BCUT2D eigenvalue weighted by Gasteiger charge is 2.16. The molecule has 0 saturated heterocycles. The number of ether oxygens (including phenoxy) is 1. The molecule has 0 fully saturated rings. The fourth-order valence-electron chi connectivity index (χ4n) is 1.93. The molecule has 0 atom stereocenters. The van der Waals surface area contributed by atoms with Crippen LogP contribution in [0.25, 0.3) is 0 Å². The third-order valence-corrected chi connectivity index (χ3v) is 4.43. The molecule has 1 aromatic heterocycles. The SMILES string of the molecule is CCOc1ccc(S(=O)(=O)Nc2cnc(N(C)C)nc2)cc1C. The molecule has 1 heterocycles. The van der Waals surface area contributed by atoms with E-state index in [1.807, 2.05) is 21.0 Å². The van der Waals surface area contributed by atoms with Crippen LogP contribution in [0.4, 0.5) is 11.6 Å². The molecule has 0 aliphatic heterocycles. The van der Waals surface area contributed by atoms with E-state index in [0.717, 1.165) is 5.56 Å². The first-order valence-corrected chi connectivity index (χ1v) is 8.57. The highest BCUT2D eigenvalue weighted by molar-refractivity contribution is 7.92. The summed E-state index contributed by atoms with van der Waals surface area (Å²) >= 11 is 0. The van der Waals surface area contributed by atoms with Gasteiger partial charge in [-0.25, -0.2) is 18.4 Å². The Balaban J connectivity index is 2.23. The molecule has 0 bridgehead atoms. The Morgan fingerprint density at radius 3 is 2.39 bits per heavy atom. The highest BCUT2D eigenvalue weighted by atomic mass is 32.2. The van der Waals surface area contributed by atoms with Crippen LogP contribution < -0.4 is 14.4 Å². The average Bonchev–Trinajstić information content (AvgIpc) is 2.49. The second-order valence-corrected chi connectivity index (χ2v) is 6.81. The maximum atomic E-state index is 12.4. The summed E-state index contributed by atoms with van der Waals surface area (Å²) in [5.41, 5.74) is 1.07. The lowest BCUT2D eigenvalue weighted by atomic mass is 10.2. The summed E-state index contributed by atoms with van der Waals surface area (Å²) in [6.45, 7) is 4.21. The second-order valence-electron chi connectivity index (χ2n) is 5.13. The van der Waals surface area contributed by atoms with Gasteiger partial charge in [0.25, 0.3) is 10.0 Å². The van der Waals surface area contributed by atoms with Crippen LogP contribution in [0.2, 0.25) is 0 Å². The lowest BCUT2D eigenvalue weighted by Crippen LogP contribution is -2.15. The van der Waals surface area contributed by atoms with Crippen molar-refractivity contribution >= 4 is 21.7 Å². The van der Waals surface area contributed by atoms with Crippen LogP contribution in [0, 0.1) is 6.92 Å². The van der Waals surface area contributed by atoms with Crippen molar-refractivity contribution in [1.29, 1.82) is 0 Å². The number of aromatic nitrogens is 2. The zero-order valence-corrected chi connectivity index (χ0v) is 14.4. The largest absolute Gasteiger partial charge is 0.494 e. The van der Waals surface area contributed by atoms with Crippen molar-refractivity contribution in [2.75, 3.05) is 30.3 Å². The summed E-state index contributed by atoms with van der Waals surface area (Å²) in [6, 6.07) is 4.73. The van der Waals surface area contributed by atoms with E-state index in [0.29, 0.717) is 24.0 Å². The van der Waals surface area contributed by atoms with Gasteiger partial charge >= 0.3 is 0 Å². The topological polar surface area (TPSA) is 84.4 Å². The van der Waals surface area contributed by atoms with Crippen molar-refractivity contribution in [3.05, 3.63) is 36.2 Å². The Labute approximate surface area is 136 Å². The molecule has 0 aliphatic rings. The van der Waals surface area contributed by atoms with Crippen LogP contribution in [0.5, 0.6) is 5.75 Å². The summed E-state index contributed by atoms with van der Waals surface area (Å²) in [7, 11) is -0.0849. The number of nitrogens with zero attached hydrogens (tertiary/aromatic N) is 3. The summed E-state index contributed by atoms with van der Waals surface area (Å²) < 4.78 is 32.7. The molecule has 0 radical (unpaired) electrons. The minimum atomic E-state index is -3.70. The number of nitrogens with one attached hydrogen (secondary N) is 1. The van der Waals surface area contributed by atoms with E-state index in [1.165, 1.54) is 18.5 Å². The fourth-order valence-corrected chi connectivity index (χ4v) is 3.04. The van der Waals surface area contributed by atoms with Gasteiger partial charge in [0, 0.05) is 14.1 Å². The molecule has 23 heavy (non-hydrogen) atoms. The summed E-state index contributed by atoms with van der Waals surface area (Å²) in [6.07, 6.45) is 2.86. The Morgan fingerprint density at radius 2 is 1.87 bits per heavy atom. The Kier molecular flexibility index (Phi) is 5.05. The van der Waals surface area contributed by atoms with E-state index < -0.39 is 10.0 Å². The molecule has 0 unspecified atom stereocenters. The minimum absolute atomic E-state index is 0.162. The van der Waals surface area contributed by atoms with E-state index in [9.17, 15) is 8.42 Å². The molecular formula is C15H20N4O3S. The molecule has 0 amide bonds. The number of anilines is 2. The summed E-state index contributed by atoms with van der Waals surface area (Å²) in [4.78, 5) is 10.1. The standard InChI is InChI=1S/C15H20N4O3S/c1-5-22-14-7-6-13(8-11(14)2)23(20,21)18-12-9-16-15(17-10-12)19(3)4/h6-10,18H,5H2,1-4H3. The Bertz CT molecular complexity index is 774. The zero-order valence-electron chi connectivity index (χ0n) is 13.6.